The van der Waals surface area contributed by atoms with E-state index in [2.05, 4.69) is 0 Å². The van der Waals surface area contributed by atoms with Crippen LogP contribution >= 0.6 is 0 Å². The zero-order valence-corrected chi connectivity index (χ0v) is 8.95. The van der Waals surface area contributed by atoms with E-state index in [0.717, 1.165) is 0 Å². The van der Waals surface area contributed by atoms with Crippen molar-refractivity contribution in [2.75, 3.05) is 0 Å². The molecule has 1 fully saturated rings. The van der Waals surface area contributed by atoms with Crippen LogP contribution in [0, 0.1) is 0 Å². The van der Waals surface area contributed by atoms with Crippen LogP contribution in [0.2, 0.25) is 0 Å². The first-order chi connectivity index (χ1) is 5.50. The Labute approximate surface area is 74.9 Å². The Morgan fingerprint density at radius 1 is 0.455 bits per heavy atom. The number of hydrogen-bond donors (Lipinski definition) is 0. The summed E-state index contributed by atoms with van der Waals surface area (Å²) in [5.74, 6) is 0. The quantitative estimate of drug-likeness (QED) is 0.436. The van der Waals surface area contributed by atoms with Crippen LogP contribution in [0.5, 0.6) is 0 Å². The van der Waals surface area contributed by atoms with Crippen molar-refractivity contribution in [3.63, 3.8) is 0 Å². The minimum atomic E-state index is 0. The second kappa shape index (κ2) is 16.5. The van der Waals surface area contributed by atoms with E-state index in [9.17, 15) is 0 Å². The SMILES string of the molecule is C1CCCCCC1.CC.CC.[HH]. The summed E-state index contributed by atoms with van der Waals surface area (Å²) >= 11 is 0. The van der Waals surface area contributed by atoms with Crippen LogP contribution in [-0.2, 0) is 0 Å². The highest BCUT2D eigenvalue weighted by atomic mass is 14.0. The van der Waals surface area contributed by atoms with Gasteiger partial charge in [0, 0.05) is 1.43 Å². The Kier molecular flexibility index (Phi) is 20.4. The molecule has 0 aromatic carbocycles. The fraction of sp³-hybridized carbons (Fsp3) is 1.00. The molecular weight excluding hydrogens is 132 g/mol. The molecule has 0 nitrogen and oxygen atoms in total. The van der Waals surface area contributed by atoms with Crippen molar-refractivity contribution in [3.05, 3.63) is 0 Å². The van der Waals surface area contributed by atoms with E-state index >= 15 is 0 Å². The lowest BCUT2D eigenvalue weighted by molar-refractivity contribution is 0.702. The van der Waals surface area contributed by atoms with Gasteiger partial charge in [0.05, 0.1) is 0 Å². The maximum atomic E-state index is 2.00. The molecule has 0 heterocycles. The molecule has 0 atom stereocenters. The summed E-state index contributed by atoms with van der Waals surface area (Å²) in [6.07, 6.45) is 10.5. The summed E-state index contributed by atoms with van der Waals surface area (Å²) in [5.41, 5.74) is 0. The highest BCUT2D eigenvalue weighted by Gasteiger charge is 1.95. The van der Waals surface area contributed by atoms with E-state index in [4.69, 9.17) is 0 Å². The molecule has 1 aliphatic rings. The Balaban J connectivity index is -0.000000144. The Morgan fingerprint density at radius 3 is 0.636 bits per heavy atom. The molecule has 1 rings (SSSR count). The van der Waals surface area contributed by atoms with Crippen LogP contribution in [0.4, 0.5) is 0 Å². The van der Waals surface area contributed by atoms with Crippen LogP contribution < -0.4 is 0 Å². The van der Waals surface area contributed by atoms with E-state index in [0.29, 0.717) is 0 Å². The summed E-state index contributed by atoms with van der Waals surface area (Å²) < 4.78 is 0. The van der Waals surface area contributed by atoms with Gasteiger partial charge in [0.1, 0.15) is 0 Å². The average Bonchev–Trinajstić information content (AvgIpc) is 2.42. The van der Waals surface area contributed by atoms with E-state index in [1.807, 2.05) is 27.7 Å². The van der Waals surface area contributed by atoms with Gasteiger partial charge in [0.2, 0.25) is 0 Å². The minimum Gasteiger partial charge on any atom is -0.0683 e. The molecule has 0 aromatic heterocycles. The van der Waals surface area contributed by atoms with Gasteiger partial charge in [-0.3, -0.25) is 0 Å². The van der Waals surface area contributed by atoms with E-state index < -0.39 is 0 Å². The normalized spacial score (nSPS) is 16.4. The summed E-state index contributed by atoms with van der Waals surface area (Å²) in [6, 6.07) is 0. The Morgan fingerprint density at radius 2 is 0.545 bits per heavy atom. The fourth-order valence-corrected chi connectivity index (χ4v) is 1.24. The van der Waals surface area contributed by atoms with Crippen LogP contribution in [-0.4, -0.2) is 0 Å². The lowest BCUT2D eigenvalue weighted by atomic mass is 10.2. The van der Waals surface area contributed by atoms with Gasteiger partial charge >= 0.3 is 0 Å². The molecule has 0 saturated heterocycles. The van der Waals surface area contributed by atoms with Crippen molar-refractivity contribution >= 4 is 0 Å². The largest absolute Gasteiger partial charge is 0.0683 e. The zero-order valence-electron chi connectivity index (χ0n) is 8.95. The lowest BCUT2D eigenvalue weighted by Gasteiger charge is -1.85. The summed E-state index contributed by atoms with van der Waals surface area (Å²) in [7, 11) is 0. The predicted octanol–water partition coefficient (Wildman–Crippen LogP) is 5.03. The zero-order chi connectivity index (χ0) is 8.95. The van der Waals surface area contributed by atoms with Gasteiger partial charge < -0.3 is 0 Å². The molecule has 0 unspecified atom stereocenters. The van der Waals surface area contributed by atoms with Gasteiger partial charge in [-0.1, -0.05) is 72.6 Å². The second-order valence-electron chi connectivity index (χ2n) is 2.47. The molecule has 0 N–H and O–H groups in total. The maximum absolute atomic E-state index is 2.00. The Hall–Kier alpha value is 0. The van der Waals surface area contributed by atoms with E-state index in [1.165, 1.54) is 44.9 Å². The van der Waals surface area contributed by atoms with Crippen LogP contribution in [0.1, 0.15) is 74.1 Å². The van der Waals surface area contributed by atoms with Gasteiger partial charge in [-0.2, -0.15) is 0 Å². The van der Waals surface area contributed by atoms with Crippen molar-refractivity contribution in [1.82, 2.24) is 0 Å². The lowest BCUT2D eigenvalue weighted by Crippen LogP contribution is -1.66. The van der Waals surface area contributed by atoms with E-state index in [1.54, 1.807) is 0 Å². The summed E-state index contributed by atoms with van der Waals surface area (Å²) in [4.78, 5) is 0. The van der Waals surface area contributed by atoms with Gasteiger partial charge in [-0.25, -0.2) is 0 Å². The number of hydrogen-bond acceptors (Lipinski definition) is 0. The molecule has 0 heteroatoms. The molecule has 0 aliphatic heterocycles. The van der Waals surface area contributed by atoms with Crippen molar-refractivity contribution in [2.45, 2.75) is 72.6 Å². The van der Waals surface area contributed by atoms with Gasteiger partial charge in [0.15, 0.2) is 0 Å². The first kappa shape index (κ1) is 13.6. The molecule has 72 valence electrons. The standard InChI is InChI=1S/C7H14.2C2H6.H2/c1-2-4-6-7-5-3-1;2*1-2;/h1-7H2;2*1-2H3;1H. The van der Waals surface area contributed by atoms with Crippen molar-refractivity contribution in [1.29, 1.82) is 0 Å². The summed E-state index contributed by atoms with van der Waals surface area (Å²) in [5, 5.41) is 0. The third kappa shape index (κ3) is 13.1. The van der Waals surface area contributed by atoms with Crippen molar-refractivity contribution < 1.29 is 1.43 Å². The topological polar surface area (TPSA) is 0 Å². The molecule has 11 heavy (non-hydrogen) atoms. The van der Waals surface area contributed by atoms with Crippen molar-refractivity contribution in [2.24, 2.45) is 0 Å². The predicted molar refractivity (Wildman–Crippen MR) is 57.1 cm³/mol. The molecule has 0 radical (unpaired) electrons. The Bertz CT molecular complexity index is 24.6. The van der Waals surface area contributed by atoms with Crippen LogP contribution in [0.25, 0.3) is 0 Å². The summed E-state index contributed by atoms with van der Waals surface area (Å²) in [6.45, 7) is 8.00. The molecule has 0 amide bonds. The van der Waals surface area contributed by atoms with Gasteiger partial charge in [-0.05, 0) is 0 Å². The maximum Gasteiger partial charge on any atom is 0 e. The van der Waals surface area contributed by atoms with Crippen molar-refractivity contribution in [3.8, 4) is 0 Å². The first-order valence-corrected chi connectivity index (χ1v) is 5.50. The van der Waals surface area contributed by atoms with E-state index in [-0.39, 0.29) is 1.43 Å². The molecule has 1 aliphatic carbocycles. The third-order valence-electron chi connectivity index (χ3n) is 1.75. The minimum absolute atomic E-state index is 0. The second-order valence-corrected chi connectivity index (χ2v) is 2.47. The molecule has 1 saturated carbocycles. The molecule has 0 aromatic rings. The van der Waals surface area contributed by atoms with Gasteiger partial charge in [0.25, 0.3) is 0 Å². The highest BCUT2D eigenvalue weighted by molar-refractivity contribution is 4.51. The first-order valence-electron chi connectivity index (χ1n) is 5.50. The molecule has 0 spiro atoms. The van der Waals surface area contributed by atoms with Gasteiger partial charge in [-0.15, -0.1) is 0 Å². The monoisotopic (exact) mass is 160 g/mol. The average molecular weight is 160 g/mol. The fourth-order valence-electron chi connectivity index (χ4n) is 1.24. The molecule has 0 bridgehead atoms. The third-order valence-corrected chi connectivity index (χ3v) is 1.75. The highest BCUT2D eigenvalue weighted by Crippen LogP contribution is 2.15. The smallest absolute Gasteiger partial charge is 0 e. The van der Waals surface area contributed by atoms with Crippen LogP contribution in [0.15, 0.2) is 0 Å². The molecular formula is C11H28. The van der Waals surface area contributed by atoms with Crippen LogP contribution in [0.3, 0.4) is 0 Å². The number of rotatable bonds is 0.